The number of halogens is 3. The van der Waals surface area contributed by atoms with Gasteiger partial charge in [0, 0.05) is 7.14 Å². The second kappa shape index (κ2) is 7.94. The third-order valence-electron chi connectivity index (χ3n) is 8.97. The van der Waals surface area contributed by atoms with Crippen molar-refractivity contribution in [1.29, 1.82) is 0 Å². The first-order chi connectivity index (χ1) is 18.2. The van der Waals surface area contributed by atoms with Gasteiger partial charge in [-0.3, -0.25) is 0 Å². The molecule has 1 atom stereocenters. The van der Waals surface area contributed by atoms with Crippen LogP contribution < -0.4 is 0 Å². The minimum Gasteiger partial charge on any atom is -0.0686 e. The van der Waals surface area contributed by atoms with Gasteiger partial charge in [0.25, 0.3) is 0 Å². The number of hydrogen-bond acceptors (Lipinski definition) is 0. The van der Waals surface area contributed by atoms with E-state index in [2.05, 4.69) is 173 Å². The molecule has 0 nitrogen and oxygen atoms in total. The Balaban J connectivity index is 1.57. The predicted octanol–water partition coefficient (Wildman–Crippen LogP) is 10.5. The average molecular weight is 824 g/mol. The Morgan fingerprint density at radius 1 is 0.447 bits per heavy atom. The van der Waals surface area contributed by atoms with Crippen LogP contribution in [-0.2, 0) is 8.84 Å². The lowest BCUT2D eigenvalue weighted by Gasteiger charge is -2.31. The van der Waals surface area contributed by atoms with Crippen LogP contribution in [0.15, 0.2) is 84.9 Å². The predicted molar refractivity (Wildman–Crippen MR) is 184 cm³/mol. The molecule has 0 radical (unpaired) electrons. The molecule has 0 amide bonds. The fourth-order valence-corrected chi connectivity index (χ4v) is 9.24. The summed E-state index contributed by atoms with van der Waals surface area (Å²) in [7, 11) is 0. The van der Waals surface area contributed by atoms with Gasteiger partial charge >= 0.3 is 0 Å². The SMILES string of the molecule is Cc1ccc2c(c1)C(C)(I)c1cc3c(cc1-2)C1(c2cc(C)ccc2-3)c2cc(I)ccc2-c2ccc(I)cc21. The maximum atomic E-state index is 2.68. The lowest BCUT2D eigenvalue weighted by Crippen LogP contribution is -2.26. The van der Waals surface area contributed by atoms with Crippen LogP contribution in [0.5, 0.6) is 0 Å². The van der Waals surface area contributed by atoms with Gasteiger partial charge in [0.05, 0.1) is 8.84 Å². The molecule has 0 saturated carbocycles. The molecule has 5 aromatic rings. The fourth-order valence-electron chi connectivity index (χ4n) is 7.37. The zero-order chi connectivity index (χ0) is 26.1. The zero-order valence-corrected chi connectivity index (χ0v) is 27.7. The van der Waals surface area contributed by atoms with Gasteiger partial charge in [0.2, 0.25) is 0 Å². The Kier molecular flexibility index (Phi) is 5.04. The van der Waals surface area contributed by atoms with Crippen molar-refractivity contribution in [2.75, 3.05) is 0 Å². The van der Waals surface area contributed by atoms with Gasteiger partial charge in [-0.05, 0) is 169 Å². The van der Waals surface area contributed by atoms with E-state index in [0.29, 0.717) is 0 Å². The highest BCUT2D eigenvalue weighted by Crippen LogP contribution is 2.65. The van der Waals surface area contributed by atoms with Crippen molar-refractivity contribution in [2.45, 2.75) is 29.6 Å². The van der Waals surface area contributed by atoms with Crippen LogP contribution in [-0.4, -0.2) is 0 Å². The molecule has 0 fully saturated rings. The van der Waals surface area contributed by atoms with Crippen molar-refractivity contribution in [3.05, 3.63) is 137 Å². The highest BCUT2D eigenvalue weighted by molar-refractivity contribution is 14.1. The summed E-state index contributed by atoms with van der Waals surface area (Å²) in [5.74, 6) is 0. The van der Waals surface area contributed by atoms with Gasteiger partial charge in [-0.1, -0.05) is 82.2 Å². The van der Waals surface area contributed by atoms with E-state index in [1.807, 2.05) is 0 Å². The molecular formula is C35H23I3. The first kappa shape index (κ1) is 24.1. The summed E-state index contributed by atoms with van der Waals surface area (Å²) < 4.78 is 2.51. The van der Waals surface area contributed by atoms with Crippen molar-refractivity contribution >= 4 is 67.8 Å². The van der Waals surface area contributed by atoms with E-state index in [1.165, 1.54) is 85.0 Å². The fraction of sp³-hybridized carbons (Fsp3) is 0.143. The normalized spacial score (nSPS) is 18.6. The Morgan fingerprint density at radius 3 is 1.42 bits per heavy atom. The van der Waals surface area contributed by atoms with E-state index in [9.17, 15) is 0 Å². The summed E-state index contributed by atoms with van der Waals surface area (Å²) in [6.45, 7) is 6.83. The topological polar surface area (TPSA) is 0 Å². The first-order valence-electron chi connectivity index (χ1n) is 12.9. The molecule has 1 unspecified atom stereocenters. The number of hydrogen-bond donors (Lipinski definition) is 0. The summed E-state index contributed by atoms with van der Waals surface area (Å²) in [5.41, 5.74) is 19.2. The van der Waals surface area contributed by atoms with Crippen LogP contribution in [0.2, 0.25) is 0 Å². The second-order valence-corrected chi connectivity index (χ2v) is 15.8. The average Bonchev–Trinajstić information content (AvgIpc) is 3.41. The van der Waals surface area contributed by atoms with E-state index in [0.717, 1.165) is 0 Å². The second-order valence-electron chi connectivity index (χ2n) is 11.2. The standard InChI is InChI=1S/C35H23I3/c1-18-4-8-24-26-17-33-27(16-29(26)34(3,38)28(24)12-18)25-9-5-19(2)13-30(25)35(33)31-14-20(36)6-10-22(31)23-11-7-21(37)15-32(23)35/h4-17H,1-3H3. The van der Waals surface area contributed by atoms with Crippen LogP contribution in [0.4, 0.5) is 0 Å². The molecule has 5 aromatic carbocycles. The molecular weight excluding hydrogens is 801 g/mol. The number of rotatable bonds is 0. The number of aryl methyl sites for hydroxylation is 2. The van der Waals surface area contributed by atoms with Crippen LogP contribution in [0.25, 0.3) is 33.4 Å². The molecule has 0 N–H and O–H groups in total. The molecule has 1 spiro atoms. The number of fused-ring (bicyclic) bond motifs is 13. The summed E-state index contributed by atoms with van der Waals surface area (Å²) in [6.07, 6.45) is 0. The molecule has 3 aliphatic rings. The molecule has 0 saturated heterocycles. The highest BCUT2D eigenvalue weighted by Gasteiger charge is 2.53. The molecule has 8 rings (SSSR count). The molecule has 0 heterocycles. The van der Waals surface area contributed by atoms with E-state index >= 15 is 0 Å². The van der Waals surface area contributed by atoms with Crippen molar-refractivity contribution in [1.82, 2.24) is 0 Å². The zero-order valence-electron chi connectivity index (χ0n) is 21.2. The van der Waals surface area contributed by atoms with Gasteiger partial charge in [-0.15, -0.1) is 0 Å². The largest absolute Gasteiger partial charge is 0.0726 e. The molecule has 3 heteroatoms. The summed E-state index contributed by atoms with van der Waals surface area (Å²) >= 11 is 7.66. The van der Waals surface area contributed by atoms with Crippen LogP contribution in [0, 0.1) is 21.0 Å². The van der Waals surface area contributed by atoms with E-state index in [-0.39, 0.29) is 8.84 Å². The van der Waals surface area contributed by atoms with E-state index in [4.69, 9.17) is 0 Å². The Bertz CT molecular complexity index is 1840. The van der Waals surface area contributed by atoms with E-state index < -0.39 is 0 Å². The number of benzene rings is 5. The van der Waals surface area contributed by atoms with Gasteiger partial charge in [-0.2, -0.15) is 0 Å². The monoisotopic (exact) mass is 824 g/mol. The third kappa shape index (κ3) is 2.91. The van der Waals surface area contributed by atoms with Crippen molar-refractivity contribution < 1.29 is 0 Å². The summed E-state index contributed by atoms with van der Waals surface area (Å²) in [5, 5.41) is 0. The first-order valence-corrected chi connectivity index (χ1v) is 16.2. The van der Waals surface area contributed by atoms with E-state index in [1.54, 1.807) is 0 Å². The lowest BCUT2D eigenvalue weighted by molar-refractivity contribution is 0.790. The molecule has 38 heavy (non-hydrogen) atoms. The Hall–Kier alpha value is -1.71. The highest BCUT2D eigenvalue weighted by atomic mass is 127. The molecule has 3 aliphatic carbocycles. The smallest absolute Gasteiger partial charge is 0.0686 e. The van der Waals surface area contributed by atoms with Gasteiger partial charge in [0.1, 0.15) is 0 Å². The van der Waals surface area contributed by atoms with Crippen molar-refractivity contribution in [2.24, 2.45) is 0 Å². The van der Waals surface area contributed by atoms with Gasteiger partial charge in [0.15, 0.2) is 0 Å². The summed E-state index contributed by atoms with van der Waals surface area (Å²) in [6, 6.07) is 33.3. The molecule has 0 aromatic heterocycles. The minimum atomic E-state index is -0.312. The Labute approximate surface area is 264 Å². The Morgan fingerprint density at radius 2 is 0.816 bits per heavy atom. The van der Waals surface area contributed by atoms with Gasteiger partial charge in [-0.25, -0.2) is 0 Å². The maximum Gasteiger partial charge on any atom is 0.0726 e. The molecule has 0 aliphatic heterocycles. The lowest BCUT2D eigenvalue weighted by atomic mass is 9.70. The molecule has 0 bridgehead atoms. The van der Waals surface area contributed by atoms with Crippen LogP contribution >= 0.6 is 67.8 Å². The summed E-state index contributed by atoms with van der Waals surface area (Å²) in [4.78, 5) is 0. The quantitative estimate of drug-likeness (QED) is 0.106. The van der Waals surface area contributed by atoms with Crippen molar-refractivity contribution in [3.8, 4) is 33.4 Å². The van der Waals surface area contributed by atoms with Gasteiger partial charge < -0.3 is 0 Å². The third-order valence-corrected chi connectivity index (χ3v) is 11.5. The van der Waals surface area contributed by atoms with Crippen LogP contribution in [0.3, 0.4) is 0 Å². The van der Waals surface area contributed by atoms with Crippen molar-refractivity contribution in [3.63, 3.8) is 0 Å². The molecule has 184 valence electrons. The minimum absolute atomic E-state index is 0.0552. The number of alkyl halides is 1. The van der Waals surface area contributed by atoms with Crippen LogP contribution in [0.1, 0.15) is 51.4 Å². The maximum absolute atomic E-state index is 2.68.